The lowest BCUT2D eigenvalue weighted by atomic mass is 10.2. The first-order valence-electron chi connectivity index (χ1n) is 8.51. The minimum atomic E-state index is -0.278. The molecule has 2 aromatic heterocycles. The monoisotopic (exact) mass is 418 g/mol. The molecular weight excluding hydrogens is 400 g/mol. The first kappa shape index (κ1) is 20.2. The Hall–Kier alpha value is -2.55. The van der Waals surface area contributed by atoms with Gasteiger partial charge in [0.05, 0.1) is 23.4 Å². The molecule has 7 nitrogen and oxygen atoms in total. The summed E-state index contributed by atoms with van der Waals surface area (Å²) in [5.41, 5.74) is 1.03. The molecule has 0 unspecified atom stereocenters. The van der Waals surface area contributed by atoms with Gasteiger partial charge in [-0.2, -0.15) is 0 Å². The lowest BCUT2D eigenvalue weighted by Gasteiger charge is -2.15. The number of halogens is 1. The number of rotatable bonds is 6. The number of hydrogen-bond acceptors (Lipinski definition) is 6. The van der Waals surface area contributed by atoms with Gasteiger partial charge in [-0.25, -0.2) is 4.98 Å². The predicted octanol–water partition coefficient (Wildman–Crippen LogP) is 3.22. The van der Waals surface area contributed by atoms with E-state index in [1.165, 1.54) is 18.3 Å². The molecule has 146 valence electrons. The van der Waals surface area contributed by atoms with Crippen molar-refractivity contribution in [3.8, 4) is 0 Å². The van der Waals surface area contributed by atoms with E-state index in [-0.39, 0.29) is 30.3 Å². The molecule has 3 aromatic rings. The minimum absolute atomic E-state index is 0.0857. The highest BCUT2D eigenvalue weighted by Gasteiger charge is 2.17. The summed E-state index contributed by atoms with van der Waals surface area (Å²) in [4.78, 5) is 46.3. The number of fused-ring (bicyclic) bond motifs is 1. The van der Waals surface area contributed by atoms with E-state index in [2.05, 4.69) is 15.3 Å². The zero-order valence-corrected chi connectivity index (χ0v) is 17.2. The van der Waals surface area contributed by atoms with Crippen LogP contribution in [0.3, 0.4) is 0 Å². The van der Waals surface area contributed by atoms with Gasteiger partial charge in [0.25, 0.3) is 5.56 Å². The fraction of sp³-hybridized carbons (Fsp3) is 0.263. The van der Waals surface area contributed by atoms with E-state index in [1.807, 2.05) is 0 Å². The number of thiophene rings is 1. The van der Waals surface area contributed by atoms with Crippen molar-refractivity contribution in [2.75, 3.05) is 18.9 Å². The van der Waals surface area contributed by atoms with Crippen molar-refractivity contribution >= 4 is 50.5 Å². The Bertz CT molecular complexity index is 1100. The van der Waals surface area contributed by atoms with Gasteiger partial charge in [-0.3, -0.25) is 19.3 Å². The number of benzene rings is 1. The summed E-state index contributed by atoms with van der Waals surface area (Å²) in [6, 6.07) is 6.84. The zero-order valence-electron chi connectivity index (χ0n) is 15.6. The quantitative estimate of drug-likeness (QED) is 0.599. The van der Waals surface area contributed by atoms with E-state index in [9.17, 15) is 14.4 Å². The van der Waals surface area contributed by atoms with Crippen LogP contribution in [-0.2, 0) is 11.3 Å². The number of ketones is 1. The first-order chi connectivity index (χ1) is 13.2. The van der Waals surface area contributed by atoms with Crippen LogP contribution in [-0.4, -0.2) is 40.2 Å². The molecule has 0 aliphatic carbocycles. The molecule has 0 aliphatic heterocycles. The van der Waals surface area contributed by atoms with Crippen LogP contribution < -0.4 is 10.9 Å². The largest absolute Gasteiger partial charge is 0.325 e. The van der Waals surface area contributed by atoms with E-state index >= 15 is 0 Å². The number of aryl methyl sites for hydroxylation is 1. The zero-order chi connectivity index (χ0) is 20.4. The van der Waals surface area contributed by atoms with Gasteiger partial charge >= 0.3 is 0 Å². The maximum Gasteiger partial charge on any atom is 0.259 e. The third kappa shape index (κ3) is 4.46. The van der Waals surface area contributed by atoms with Crippen molar-refractivity contribution in [1.29, 1.82) is 0 Å². The molecule has 2 heterocycles. The summed E-state index contributed by atoms with van der Waals surface area (Å²) in [6.45, 7) is 3.62. The molecule has 1 amide bonds. The molecule has 9 heteroatoms. The van der Waals surface area contributed by atoms with Gasteiger partial charge in [-0.05, 0) is 50.7 Å². The second-order valence-electron chi connectivity index (χ2n) is 6.53. The summed E-state index contributed by atoms with van der Waals surface area (Å²) >= 11 is 7.05. The van der Waals surface area contributed by atoms with Crippen LogP contribution >= 0.6 is 22.9 Å². The van der Waals surface area contributed by atoms with Crippen molar-refractivity contribution in [2.45, 2.75) is 20.4 Å². The van der Waals surface area contributed by atoms with E-state index in [0.717, 1.165) is 0 Å². The summed E-state index contributed by atoms with van der Waals surface area (Å²) in [7, 11) is 1.76. The number of nitrogens with zero attached hydrogens (tertiary/aromatic N) is 2. The fourth-order valence-electron chi connectivity index (χ4n) is 2.89. The third-order valence-corrected chi connectivity index (χ3v) is 5.67. The number of aromatic amines is 1. The summed E-state index contributed by atoms with van der Waals surface area (Å²) in [5.74, 6) is 0.159. The molecule has 0 radical (unpaired) electrons. The molecule has 0 spiro atoms. The molecule has 28 heavy (non-hydrogen) atoms. The molecule has 1 aromatic carbocycles. The lowest BCUT2D eigenvalue weighted by molar-refractivity contribution is -0.117. The van der Waals surface area contributed by atoms with Crippen LogP contribution in [0.2, 0.25) is 5.02 Å². The van der Waals surface area contributed by atoms with Crippen LogP contribution in [0.5, 0.6) is 0 Å². The molecule has 0 bridgehead atoms. The van der Waals surface area contributed by atoms with E-state index in [0.29, 0.717) is 37.2 Å². The maximum absolute atomic E-state index is 12.4. The third-order valence-electron chi connectivity index (χ3n) is 4.13. The van der Waals surface area contributed by atoms with Gasteiger partial charge in [0.1, 0.15) is 10.7 Å². The standard InChI is InChI=1S/C19H19ClN4O3S/c1-10-16-18(27)22-14(23-19(16)28-17(10)11(2)25)8-24(3)9-15(26)21-13-6-4-12(20)5-7-13/h4-7H,8-9H2,1-3H3,(H,21,26)(H,22,23,27). The van der Waals surface area contributed by atoms with Crippen LogP contribution in [0.15, 0.2) is 29.1 Å². The summed E-state index contributed by atoms with van der Waals surface area (Å²) in [6.07, 6.45) is 0. The number of carbonyl (C=O) groups is 2. The number of Topliss-reactive ketones (excluding diaryl/α,β-unsaturated/α-hetero) is 1. The molecular formula is C19H19ClN4O3S. The van der Waals surface area contributed by atoms with Gasteiger partial charge in [0, 0.05) is 10.7 Å². The second kappa shape index (κ2) is 8.22. The smallest absolute Gasteiger partial charge is 0.259 e. The predicted molar refractivity (Wildman–Crippen MR) is 111 cm³/mol. The Morgan fingerprint density at radius 3 is 2.61 bits per heavy atom. The van der Waals surface area contributed by atoms with Gasteiger partial charge in [0.2, 0.25) is 5.91 Å². The highest BCUT2D eigenvalue weighted by Crippen LogP contribution is 2.27. The number of amides is 1. The van der Waals surface area contributed by atoms with Gasteiger partial charge in [0.15, 0.2) is 5.78 Å². The van der Waals surface area contributed by atoms with E-state index in [1.54, 1.807) is 43.1 Å². The van der Waals surface area contributed by atoms with Gasteiger partial charge < -0.3 is 10.3 Å². The molecule has 0 saturated carbocycles. The van der Waals surface area contributed by atoms with Crippen LogP contribution in [0, 0.1) is 6.92 Å². The van der Waals surface area contributed by atoms with Crippen molar-refractivity contribution in [3.05, 3.63) is 55.9 Å². The van der Waals surface area contributed by atoms with Gasteiger partial charge in [-0.1, -0.05) is 11.6 Å². The topological polar surface area (TPSA) is 95.2 Å². The van der Waals surface area contributed by atoms with Crippen molar-refractivity contribution in [1.82, 2.24) is 14.9 Å². The van der Waals surface area contributed by atoms with Crippen molar-refractivity contribution in [3.63, 3.8) is 0 Å². The second-order valence-corrected chi connectivity index (χ2v) is 7.97. The number of H-pyrrole nitrogens is 1. The molecule has 0 aliphatic rings. The molecule has 0 saturated heterocycles. The maximum atomic E-state index is 12.4. The highest BCUT2D eigenvalue weighted by atomic mass is 35.5. The Morgan fingerprint density at radius 1 is 1.29 bits per heavy atom. The molecule has 0 atom stereocenters. The summed E-state index contributed by atoms with van der Waals surface area (Å²) in [5, 5.41) is 3.82. The molecule has 0 fully saturated rings. The van der Waals surface area contributed by atoms with Crippen LogP contribution in [0.1, 0.15) is 28.0 Å². The number of carbonyl (C=O) groups excluding carboxylic acids is 2. The van der Waals surface area contributed by atoms with E-state index in [4.69, 9.17) is 11.6 Å². The normalized spacial score (nSPS) is 11.2. The first-order valence-corrected chi connectivity index (χ1v) is 9.71. The number of nitrogens with one attached hydrogen (secondary N) is 2. The van der Waals surface area contributed by atoms with Crippen LogP contribution in [0.4, 0.5) is 5.69 Å². The number of hydrogen-bond donors (Lipinski definition) is 2. The average Bonchev–Trinajstić information content (AvgIpc) is 2.94. The average molecular weight is 419 g/mol. The van der Waals surface area contributed by atoms with E-state index < -0.39 is 0 Å². The van der Waals surface area contributed by atoms with Crippen LogP contribution in [0.25, 0.3) is 10.2 Å². The summed E-state index contributed by atoms with van der Waals surface area (Å²) < 4.78 is 0. The Balaban J connectivity index is 1.71. The Morgan fingerprint density at radius 2 is 1.96 bits per heavy atom. The molecule has 3 rings (SSSR count). The Kier molecular flexibility index (Phi) is 5.93. The number of anilines is 1. The Labute approximate surface area is 170 Å². The molecule has 2 N–H and O–H groups in total. The van der Waals surface area contributed by atoms with Crippen molar-refractivity contribution < 1.29 is 9.59 Å². The SMILES string of the molecule is CC(=O)c1sc2nc(CN(C)CC(=O)Nc3ccc(Cl)cc3)[nH]c(=O)c2c1C. The van der Waals surface area contributed by atoms with Crippen molar-refractivity contribution in [2.24, 2.45) is 0 Å². The number of likely N-dealkylation sites (N-methyl/N-ethyl adjacent to an activating group) is 1. The highest BCUT2D eigenvalue weighted by molar-refractivity contribution is 7.20. The van der Waals surface area contributed by atoms with Gasteiger partial charge in [-0.15, -0.1) is 11.3 Å². The minimum Gasteiger partial charge on any atom is -0.325 e. The fourth-order valence-corrected chi connectivity index (χ4v) is 4.11. The number of aromatic nitrogens is 2. The lowest BCUT2D eigenvalue weighted by Crippen LogP contribution is -2.31.